The summed E-state index contributed by atoms with van der Waals surface area (Å²) in [6.45, 7) is 1.80. The van der Waals surface area contributed by atoms with Crippen LogP contribution in [-0.4, -0.2) is 13.1 Å². The van der Waals surface area contributed by atoms with Crippen molar-refractivity contribution in [2.24, 2.45) is 5.92 Å². The van der Waals surface area contributed by atoms with E-state index in [1.807, 2.05) is 6.07 Å². The summed E-state index contributed by atoms with van der Waals surface area (Å²) in [6.07, 6.45) is 0. The quantitative estimate of drug-likeness (QED) is 0.708. The molecule has 0 bridgehead atoms. The number of rotatable bonds is 1. The van der Waals surface area contributed by atoms with Crippen LogP contribution < -0.4 is 5.32 Å². The first-order valence-electron chi connectivity index (χ1n) is 4.05. The second-order valence-corrected chi connectivity index (χ2v) is 4.00. The molecule has 0 aliphatic carbocycles. The molecule has 1 aromatic rings. The molecule has 62 valence electrons. The summed E-state index contributed by atoms with van der Waals surface area (Å²) in [7, 11) is 0. The van der Waals surface area contributed by atoms with Crippen LogP contribution in [-0.2, 0) is 0 Å². The van der Waals surface area contributed by atoms with E-state index in [0.717, 1.165) is 13.1 Å². The van der Waals surface area contributed by atoms with Gasteiger partial charge in [0.1, 0.15) is 0 Å². The maximum absolute atomic E-state index is 8.85. The minimum Gasteiger partial charge on any atom is -0.315 e. The van der Waals surface area contributed by atoms with Crippen LogP contribution >= 0.6 is 11.3 Å². The lowest BCUT2D eigenvalue weighted by Gasteiger charge is -2.08. The van der Waals surface area contributed by atoms with E-state index in [9.17, 15) is 0 Å². The highest BCUT2D eigenvalue weighted by atomic mass is 32.1. The second kappa shape index (κ2) is 3.26. The molecule has 2 rings (SSSR count). The van der Waals surface area contributed by atoms with Gasteiger partial charge in [-0.15, -0.1) is 11.3 Å². The van der Waals surface area contributed by atoms with Gasteiger partial charge in [0, 0.05) is 23.9 Å². The topological polar surface area (TPSA) is 35.8 Å². The number of hydrogen-bond donors (Lipinski definition) is 1. The third-order valence-electron chi connectivity index (χ3n) is 2.29. The Bertz CT molecular complexity index is 286. The standard InChI is InChI=1S/C9H10N2S/c10-4-7-5-11-6-8(7)9-2-1-3-12-9/h1-3,7-8,11H,5-6H2. The summed E-state index contributed by atoms with van der Waals surface area (Å²) in [5.74, 6) is 0.596. The summed E-state index contributed by atoms with van der Waals surface area (Å²) in [6, 6.07) is 6.51. The fraction of sp³-hybridized carbons (Fsp3) is 0.444. The van der Waals surface area contributed by atoms with Gasteiger partial charge in [0.25, 0.3) is 0 Å². The van der Waals surface area contributed by atoms with Gasteiger partial charge in [-0.05, 0) is 11.4 Å². The summed E-state index contributed by atoms with van der Waals surface area (Å²) in [4.78, 5) is 1.34. The van der Waals surface area contributed by atoms with E-state index < -0.39 is 0 Å². The zero-order chi connectivity index (χ0) is 8.39. The Morgan fingerprint density at radius 2 is 2.50 bits per heavy atom. The van der Waals surface area contributed by atoms with Crippen molar-refractivity contribution in [2.45, 2.75) is 5.92 Å². The lowest BCUT2D eigenvalue weighted by atomic mass is 9.96. The van der Waals surface area contributed by atoms with E-state index in [1.54, 1.807) is 11.3 Å². The summed E-state index contributed by atoms with van der Waals surface area (Å²) in [5, 5.41) is 14.2. The number of nitrogens with one attached hydrogen (secondary N) is 1. The van der Waals surface area contributed by atoms with Gasteiger partial charge in [0.2, 0.25) is 0 Å². The highest BCUT2D eigenvalue weighted by molar-refractivity contribution is 7.10. The lowest BCUT2D eigenvalue weighted by Crippen LogP contribution is -2.07. The third kappa shape index (κ3) is 1.24. The molecule has 0 radical (unpaired) electrons. The molecular formula is C9H10N2S. The molecule has 1 aliphatic rings. The van der Waals surface area contributed by atoms with E-state index >= 15 is 0 Å². The van der Waals surface area contributed by atoms with Crippen molar-refractivity contribution < 1.29 is 0 Å². The van der Waals surface area contributed by atoms with Crippen molar-refractivity contribution in [1.82, 2.24) is 5.32 Å². The SMILES string of the molecule is N#CC1CNCC1c1cccs1. The summed E-state index contributed by atoms with van der Waals surface area (Å²) < 4.78 is 0. The molecule has 2 heterocycles. The molecule has 0 saturated carbocycles. The van der Waals surface area contributed by atoms with E-state index in [4.69, 9.17) is 5.26 Å². The average Bonchev–Trinajstić information content (AvgIpc) is 2.74. The van der Waals surface area contributed by atoms with Crippen LogP contribution in [0.1, 0.15) is 10.8 Å². The molecule has 2 unspecified atom stereocenters. The number of hydrogen-bond acceptors (Lipinski definition) is 3. The normalized spacial score (nSPS) is 28.6. The van der Waals surface area contributed by atoms with Gasteiger partial charge < -0.3 is 5.32 Å². The monoisotopic (exact) mass is 178 g/mol. The molecule has 0 spiro atoms. The van der Waals surface area contributed by atoms with Crippen molar-refractivity contribution in [2.75, 3.05) is 13.1 Å². The molecule has 1 saturated heterocycles. The summed E-state index contributed by atoms with van der Waals surface area (Å²) in [5.41, 5.74) is 0. The van der Waals surface area contributed by atoms with Crippen LogP contribution in [0.2, 0.25) is 0 Å². The Morgan fingerprint density at radius 1 is 1.58 bits per heavy atom. The van der Waals surface area contributed by atoms with E-state index in [1.165, 1.54) is 4.88 Å². The van der Waals surface area contributed by atoms with Gasteiger partial charge >= 0.3 is 0 Å². The van der Waals surface area contributed by atoms with Crippen molar-refractivity contribution in [3.05, 3.63) is 22.4 Å². The Kier molecular flexibility index (Phi) is 2.11. The van der Waals surface area contributed by atoms with E-state index in [0.29, 0.717) is 5.92 Å². The van der Waals surface area contributed by atoms with E-state index in [-0.39, 0.29) is 5.92 Å². The minimum absolute atomic E-state index is 0.170. The van der Waals surface area contributed by atoms with Crippen LogP contribution in [0.3, 0.4) is 0 Å². The van der Waals surface area contributed by atoms with Crippen LogP contribution in [0.5, 0.6) is 0 Å². The number of nitriles is 1. The zero-order valence-corrected chi connectivity index (χ0v) is 7.47. The Labute approximate surface area is 75.8 Å². The van der Waals surface area contributed by atoms with Gasteiger partial charge in [0.15, 0.2) is 0 Å². The first-order chi connectivity index (χ1) is 5.92. The van der Waals surface area contributed by atoms with Crippen LogP contribution in [0.4, 0.5) is 0 Å². The van der Waals surface area contributed by atoms with Crippen LogP contribution in [0, 0.1) is 17.2 Å². The van der Waals surface area contributed by atoms with Crippen LogP contribution in [0.15, 0.2) is 17.5 Å². The first-order valence-corrected chi connectivity index (χ1v) is 4.93. The van der Waals surface area contributed by atoms with E-state index in [2.05, 4.69) is 22.8 Å². The van der Waals surface area contributed by atoms with Gasteiger partial charge in [-0.3, -0.25) is 0 Å². The Morgan fingerprint density at radius 3 is 3.17 bits per heavy atom. The third-order valence-corrected chi connectivity index (χ3v) is 3.29. The largest absolute Gasteiger partial charge is 0.315 e. The van der Waals surface area contributed by atoms with Crippen molar-refractivity contribution in [3.63, 3.8) is 0 Å². The molecule has 0 amide bonds. The molecule has 1 aromatic heterocycles. The van der Waals surface area contributed by atoms with Crippen molar-refractivity contribution in [3.8, 4) is 6.07 Å². The lowest BCUT2D eigenvalue weighted by molar-refractivity contribution is 0.657. The molecular weight excluding hydrogens is 168 g/mol. The van der Waals surface area contributed by atoms with Crippen molar-refractivity contribution >= 4 is 11.3 Å². The minimum atomic E-state index is 0.170. The molecule has 1 N–H and O–H groups in total. The fourth-order valence-corrected chi connectivity index (χ4v) is 2.51. The molecule has 2 atom stereocenters. The maximum atomic E-state index is 8.85. The second-order valence-electron chi connectivity index (χ2n) is 3.02. The van der Waals surface area contributed by atoms with Gasteiger partial charge in [-0.25, -0.2) is 0 Å². The molecule has 1 fully saturated rings. The number of nitrogens with zero attached hydrogens (tertiary/aromatic N) is 1. The predicted molar refractivity (Wildman–Crippen MR) is 49.0 cm³/mol. The predicted octanol–water partition coefficient (Wildman–Crippen LogP) is 1.57. The highest BCUT2D eigenvalue weighted by Crippen LogP contribution is 2.30. The zero-order valence-electron chi connectivity index (χ0n) is 6.66. The summed E-state index contributed by atoms with van der Waals surface area (Å²) >= 11 is 1.75. The maximum Gasteiger partial charge on any atom is 0.0676 e. The van der Waals surface area contributed by atoms with Crippen LogP contribution in [0.25, 0.3) is 0 Å². The molecule has 1 aliphatic heterocycles. The highest BCUT2D eigenvalue weighted by Gasteiger charge is 2.28. The molecule has 0 aromatic carbocycles. The van der Waals surface area contributed by atoms with Gasteiger partial charge in [-0.2, -0.15) is 5.26 Å². The fourth-order valence-electron chi connectivity index (χ4n) is 1.62. The Hall–Kier alpha value is -0.850. The van der Waals surface area contributed by atoms with Crippen molar-refractivity contribution in [1.29, 1.82) is 5.26 Å². The molecule has 2 nitrogen and oxygen atoms in total. The Balaban J connectivity index is 2.20. The first kappa shape index (κ1) is 7.78. The molecule has 3 heteroatoms. The smallest absolute Gasteiger partial charge is 0.0676 e. The van der Waals surface area contributed by atoms with Gasteiger partial charge in [-0.1, -0.05) is 6.07 Å². The molecule has 12 heavy (non-hydrogen) atoms. The van der Waals surface area contributed by atoms with Gasteiger partial charge in [0.05, 0.1) is 12.0 Å². The number of thiophene rings is 1. The average molecular weight is 178 g/mol.